The van der Waals surface area contributed by atoms with Crippen molar-refractivity contribution >= 4 is 29.1 Å². The fourth-order valence-electron chi connectivity index (χ4n) is 2.05. The van der Waals surface area contributed by atoms with E-state index < -0.39 is 0 Å². The maximum Gasteiger partial charge on any atom is 0.270 e. The molecule has 7 heteroatoms. The van der Waals surface area contributed by atoms with E-state index in [0.29, 0.717) is 11.3 Å². The normalized spacial score (nSPS) is 10.5. The molecule has 0 saturated carbocycles. The van der Waals surface area contributed by atoms with E-state index in [1.165, 1.54) is 18.3 Å². The monoisotopic (exact) mass is 347 g/mol. The lowest BCUT2D eigenvalue weighted by molar-refractivity contribution is -0.115. The molecule has 0 spiro atoms. The van der Waals surface area contributed by atoms with E-state index in [9.17, 15) is 14.7 Å². The van der Waals surface area contributed by atoms with Crippen molar-refractivity contribution in [1.82, 2.24) is 10.3 Å². The first-order valence-electron chi connectivity index (χ1n) is 7.40. The van der Waals surface area contributed by atoms with Gasteiger partial charge in [-0.1, -0.05) is 23.7 Å². The molecule has 0 aliphatic carbocycles. The van der Waals surface area contributed by atoms with Gasteiger partial charge in [0.2, 0.25) is 5.91 Å². The molecule has 0 fully saturated rings. The van der Waals surface area contributed by atoms with Crippen LogP contribution in [0.5, 0.6) is 5.75 Å². The van der Waals surface area contributed by atoms with Gasteiger partial charge in [-0.25, -0.2) is 0 Å². The minimum absolute atomic E-state index is 0.00306. The largest absolute Gasteiger partial charge is 0.506 e. The molecule has 2 rings (SSSR count). The fraction of sp³-hybridized carbons (Fsp3) is 0.235. The third-order valence-corrected chi connectivity index (χ3v) is 3.54. The smallest absolute Gasteiger partial charge is 0.270 e. The van der Waals surface area contributed by atoms with Crippen molar-refractivity contribution < 1.29 is 14.7 Å². The molecule has 1 heterocycles. The zero-order valence-electron chi connectivity index (χ0n) is 13.3. The number of aromatic nitrogens is 1. The maximum atomic E-state index is 12.1. The Kier molecular flexibility index (Phi) is 5.76. The molecule has 0 atom stereocenters. The zero-order chi connectivity index (χ0) is 17.7. The first-order valence-corrected chi connectivity index (χ1v) is 7.77. The Morgan fingerprint density at radius 2 is 2.04 bits per heavy atom. The highest BCUT2D eigenvalue weighted by Gasteiger charge is 2.12. The van der Waals surface area contributed by atoms with Gasteiger partial charge in [-0.05, 0) is 37.6 Å². The third kappa shape index (κ3) is 4.70. The van der Waals surface area contributed by atoms with Crippen molar-refractivity contribution in [3.63, 3.8) is 0 Å². The molecule has 0 aliphatic heterocycles. The molecule has 2 aromatic rings. The van der Waals surface area contributed by atoms with Crippen LogP contribution in [0.2, 0.25) is 5.02 Å². The zero-order valence-corrected chi connectivity index (χ0v) is 14.1. The van der Waals surface area contributed by atoms with Gasteiger partial charge >= 0.3 is 0 Å². The predicted molar refractivity (Wildman–Crippen MR) is 92.3 cm³/mol. The molecule has 0 bridgehead atoms. The predicted octanol–water partition coefficient (Wildman–Crippen LogP) is 2.76. The highest BCUT2D eigenvalue weighted by molar-refractivity contribution is 6.33. The Morgan fingerprint density at radius 1 is 1.29 bits per heavy atom. The number of nitrogens with zero attached hydrogens (tertiary/aromatic N) is 1. The standard InChI is InChI=1S/C17H18ClN3O3/c1-10(2)20-17(24)13-9-12(6-7-19-13)21-15(23)8-11-4-3-5-14(22)16(11)18/h3-7,9-10,22H,8H2,1-2H3,(H,20,24)(H,19,21,23). The number of aromatic hydroxyl groups is 1. The van der Waals surface area contributed by atoms with E-state index in [2.05, 4.69) is 15.6 Å². The number of nitrogens with one attached hydrogen (secondary N) is 2. The highest BCUT2D eigenvalue weighted by Crippen LogP contribution is 2.27. The van der Waals surface area contributed by atoms with E-state index in [0.717, 1.165) is 0 Å². The number of benzene rings is 1. The maximum absolute atomic E-state index is 12.1. The van der Waals surface area contributed by atoms with Crippen molar-refractivity contribution in [2.45, 2.75) is 26.3 Å². The first kappa shape index (κ1) is 17.7. The summed E-state index contributed by atoms with van der Waals surface area (Å²) in [6.07, 6.45) is 1.45. The van der Waals surface area contributed by atoms with Crippen LogP contribution in [0, 0.1) is 0 Å². The number of carbonyl (C=O) groups is 2. The van der Waals surface area contributed by atoms with Gasteiger partial charge in [0.25, 0.3) is 5.91 Å². The van der Waals surface area contributed by atoms with E-state index >= 15 is 0 Å². The van der Waals surface area contributed by atoms with Crippen molar-refractivity contribution in [2.24, 2.45) is 0 Å². The molecule has 2 amide bonds. The number of anilines is 1. The summed E-state index contributed by atoms with van der Waals surface area (Å²) in [6, 6.07) is 7.81. The van der Waals surface area contributed by atoms with Crippen LogP contribution in [-0.2, 0) is 11.2 Å². The summed E-state index contributed by atoms with van der Waals surface area (Å²) in [5.41, 5.74) is 1.19. The van der Waals surface area contributed by atoms with E-state index in [1.54, 1.807) is 18.2 Å². The van der Waals surface area contributed by atoms with Crippen molar-refractivity contribution in [3.05, 3.63) is 52.8 Å². The summed E-state index contributed by atoms with van der Waals surface area (Å²) in [5.74, 6) is -0.695. The Morgan fingerprint density at radius 3 is 2.75 bits per heavy atom. The average molecular weight is 348 g/mol. The second-order valence-electron chi connectivity index (χ2n) is 5.53. The highest BCUT2D eigenvalue weighted by atomic mass is 35.5. The molecule has 0 aliphatic rings. The summed E-state index contributed by atoms with van der Waals surface area (Å²) < 4.78 is 0. The Labute approximate surface area is 144 Å². The molecule has 0 saturated heterocycles. The van der Waals surface area contributed by atoms with Gasteiger partial charge in [0.15, 0.2) is 0 Å². The second kappa shape index (κ2) is 7.79. The summed E-state index contributed by atoms with van der Waals surface area (Å²) in [6.45, 7) is 3.70. The number of halogens is 1. The van der Waals surface area contributed by atoms with Gasteiger partial charge in [0, 0.05) is 17.9 Å². The molecule has 0 radical (unpaired) electrons. The van der Waals surface area contributed by atoms with E-state index in [4.69, 9.17) is 11.6 Å². The molecule has 1 aromatic carbocycles. The average Bonchev–Trinajstić information content (AvgIpc) is 2.51. The summed E-state index contributed by atoms with van der Waals surface area (Å²) in [5, 5.41) is 15.1. The minimum atomic E-state index is -0.316. The molecule has 1 aromatic heterocycles. The van der Waals surface area contributed by atoms with Crippen molar-refractivity contribution in [2.75, 3.05) is 5.32 Å². The molecular weight excluding hydrogens is 330 g/mol. The number of phenolic OH excluding ortho intramolecular Hbond substituents is 1. The van der Waals surface area contributed by atoms with Crippen LogP contribution >= 0.6 is 11.6 Å². The molecule has 3 N–H and O–H groups in total. The summed E-state index contributed by atoms with van der Waals surface area (Å²) in [7, 11) is 0. The van der Waals surface area contributed by atoms with Crippen LogP contribution in [0.15, 0.2) is 36.5 Å². The van der Waals surface area contributed by atoms with E-state index in [1.807, 2.05) is 13.8 Å². The number of phenols is 1. The fourth-order valence-corrected chi connectivity index (χ4v) is 2.24. The van der Waals surface area contributed by atoms with Gasteiger partial charge in [-0.3, -0.25) is 14.6 Å². The van der Waals surface area contributed by atoms with Crippen LogP contribution in [0.4, 0.5) is 5.69 Å². The Hall–Kier alpha value is -2.60. The van der Waals surface area contributed by atoms with Crippen LogP contribution in [0.1, 0.15) is 29.9 Å². The van der Waals surface area contributed by atoms with Crippen LogP contribution in [-0.4, -0.2) is 27.9 Å². The number of hydrogen-bond acceptors (Lipinski definition) is 4. The van der Waals surface area contributed by atoms with E-state index in [-0.39, 0.29) is 40.7 Å². The molecule has 0 unspecified atom stereocenters. The van der Waals surface area contributed by atoms with Crippen LogP contribution < -0.4 is 10.6 Å². The number of amides is 2. The quantitative estimate of drug-likeness (QED) is 0.775. The molecule has 6 nitrogen and oxygen atoms in total. The SMILES string of the molecule is CC(C)NC(=O)c1cc(NC(=O)Cc2cccc(O)c2Cl)ccn1. The Balaban J connectivity index is 2.06. The van der Waals surface area contributed by atoms with Gasteiger partial charge < -0.3 is 15.7 Å². The lowest BCUT2D eigenvalue weighted by atomic mass is 10.1. The topological polar surface area (TPSA) is 91.3 Å². The van der Waals surface area contributed by atoms with Gasteiger partial charge in [-0.2, -0.15) is 0 Å². The van der Waals surface area contributed by atoms with Gasteiger partial charge in [-0.15, -0.1) is 0 Å². The Bertz CT molecular complexity index is 762. The number of rotatable bonds is 5. The van der Waals surface area contributed by atoms with Crippen molar-refractivity contribution in [3.8, 4) is 5.75 Å². The summed E-state index contributed by atoms with van der Waals surface area (Å²) >= 11 is 5.96. The van der Waals surface area contributed by atoms with Crippen LogP contribution in [0.25, 0.3) is 0 Å². The molecule has 24 heavy (non-hydrogen) atoms. The summed E-state index contributed by atoms with van der Waals surface area (Å²) in [4.78, 5) is 28.1. The minimum Gasteiger partial charge on any atom is -0.506 e. The lowest BCUT2D eigenvalue weighted by Crippen LogP contribution is -2.30. The third-order valence-electron chi connectivity index (χ3n) is 3.11. The molecule has 126 valence electrons. The molecular formula is C17H18ClN3O3. The first-order chi connectivity index (χ1) is 11.4. The van der Waals surface area contributed by atoms with Gasteiger partial charge in [0.05, 0.1) is 11.4 Å². The van der Waals surface area contributed by atoms with Crippen molar-refractivity contribution in [1.29, 1.82) is 0 Å². The number of carbonyl (C=O) groups excluding carboxylic acids is 2. The number of pyridine rings is 1. The van der Waals surface area contributed by atoms with Gasteiger partial charge in [0.1, 0.15) is 11.4 Å². The second-order valence-corrected chi connectivity index (χ2v) is 5.91. The lowest BCUT2D eigenvalue weighted by Gasteiger charge is -2.10. The number of hydrogen-bond donors (Lipinski definition) is 3. The van der Waals surface area contributed by atoms with Crippen LogP contribution in [0.3, 0.4) is 0 Å².